The molecule has 1 aliphatic heterocycles. The molecule has 1 saturated heterocycles. The second kappa shape index (κ2) is 11.4. The number of benzene rings is 3. The molecule has 3 aromatic carbocycles. The van der Waals surface area contributed by atoms with E-state index in [-0.39, 0.29) is 11.8 Å². The molecule has 0 spiro atoms. The third kappa shape index (κ3) is 6.43. The standard InChI is InChI=1S/C29H31ClN2O3/c1-31(20-23-11-4-2-5-12-23)27(33)19-29(22-35-24-13-6-3-7-14-24)17-10-18-32(21-29)28(34)25-15-8-9-16-26(25)30/h2-9,11-16H,10,17-22H2,1H3/t29-/m1/s1. The molecular weight excluding hydrogens is 460 g/mol. The first kappa shape index (κ1) is 24.8. The number of carbonyl (C=O) groups is 2. The number of likely N-dealkylation sites (tertiary alicyclic amines) is 1. The lowest BCUT2D eigenvalue weighted by Crippen LogP contribution is -2.50. The van der Waals surface area contributed by atoms with Crippen molar-refractivity contribution < 1.29 is 14.3 Å². The van der Waals surface area contributed by atoms with E-state index in [4.69, 9.17) is 16.3 Å². The van der Waals surface area contributed by atoms with Gasteiger partial charge in [-0.3, -0.25) is 9.59 Å². The SMILES string of the molecule is CN(Cc1ccccc1)C(=O)C[C@]1(COc2ccccc2)CCCN(C(=O)c2ccccc2Cl)C1. The minimum atomic E-state index is -0.493. The van der Waals surface area contributed by atoms with Crippen LogP contribution in [0.15, 0.2) is 84.9 Å². The van der Waals surface area contributed by atoms with E-state index in [2.05, 4.69) is 0 Å². The Hall–Kier alpha value is -3.31. The van der Waals surface area contributed by atoms with Gasteiger partial charge in [-0.15, -0.1) is 0 Å². The van der Waals surface area contributed by atoms with Gasteiger partial charge in [-0.05, 0) is 42.7 Å². The lowest BCUT2D eigenvalue weighted by molar-refractivity contribution is -0.134. The molecule has 0 aromatic heterocycles. The molecule has 35 heavy (non-hydrogen) atoms. The summed E-state index contributed by atoms with van der Waals surface area (Å²) in [5.41, 5.74) is 1.08. The Labute approximate surface area is 212 Å². The highest BCUT2D eigenvalue weighted by atomic mass is 35.5. The van der Waals surface area contributed by atoms with Gasteiger partial charge in [0.2, 0.25) is 5.91 Å². The minimum absolute atomic E-state index is 0.0394. The average molecular weight is 491 g/mol. The fraction of sp³-hybridized carbons (Fsp3) is 0.310. The lowest BCUT2D eigenvalue weighted by atomic mass is 9.77. The number of para-hydroxylation sites is 1. The van der Waals surface area contributed by atoms with Crippen LogP contribution in [0.5, 0.6) is 5.75 Å². The van der Waals surface area contributed by atoms with Crippen molar-refractivity contribution in [3.8, 4) is 5.75 Å². The van der Waals surface area contributed by atoms with Crippen molar-refractivity contribution >= 4 is 23.4 Å². The summed E-state index contributed by atoms with van der Waals surface area (Å²) in [6.45, 7) is 1.96. The Balaban J connectivity index is 1.53. The van der Waals surface area contributed by atoms with Gasteiger partial charge < -0.3 is 14.5 Å². The van der Waals surface area contributed by atoms with E-state index in [1.54, 1.807) is 17.0 Å². The predicted octanol–water partition coefficient (Wildman–Crippen LogP) is 5.69. The van der Waals surface area contributed by atoms with Crippen LogP contribution in [0, 0.1) is 5.41 Å². The molecule has 5 nitrogen and oxygen atoms in total. The van der Waals surface area contributed by atoms with E-state index in [0.717, 1.165) is 24.2 Å². The molecule has 1 heterocycles. The van der Waals surface area contributed by atoms with Gasteiger partial charge in [0.1, 0.15) is 5.75 Å². The van der Waals surface area contributed by atoms with Gasteiger partial charge >= 0.3 is 0 Å². The van der Waals surface area contributed by atoms with Gasteiger partial charge in [-0.2, -0.15) is 0 Å². The smallest absolute Gasteiger partial charge is 0.255 e. The Morgan fingerprint density at radius 1 is 0.971 bits per heavy atom. The summed E-state index contributed by atoms with van der Waals surface area (Å²) in [7, 11) is 1.83. The molecule has 1 atom stereocenters. The second-order valence-electron chi connectivity index (χ2n) is 9.32. The summed E-state index contributed by atoms with van der Waals surface area (Å²) in [6.07, 6.45) is 1.90. The third-order valence-electron chi connectivity index (χ3n) is 6.56. The molecule has 0 radical (unpaired) electrons. The van der Waals surface area contributed by atoms with E-state index < -0.39 is 5.41 Å². The maximum Gasteiger partial charge on any atom is 0.255 e. The van der Waals surface area contributed by atoms with Gasteiger partial charge in [-0.25, -0.2) is 0 Å². The van der Waals surface area contributed by atoms with Crippen LogP contribution in [0.1, 0.15) is 35.2 Å². The largest absolute Gasteiger partial charge is 0.493 e. The van der Waals surface area contributed by atoms with Crippen LogP contribution in [0.25, 0.3) is 0 Å². The summed E-state index contributed by atoms with van der Waals surface area (Å²) >= 11 is 6.32. The second-order valence-corrected chi connectivity index (χ2v) is 9.73. The number of amides is 2. The molecular formula is C29H31ClN2O3. The molecule has 4 rings (SSSR count). The summed E-state index contributed by atoms with van der Waals surface area (Å²) in [5, 5.41) is 0.438. The first-order valence-corrected chi connectivity index (χ1v) is 12.3. The van der Waals surface area contributed by atoms with E-state index >= 15 is 0 Å². The van der Waals surface area contributed by atoms with Gasteiger partial charge in [0.25, 0.3) is 5.91 Å². The fourth-order valence-electron chi connectivity index (χ4n) is 4.65. The van der Waals surface area contributed by atoms with Crippen LogP contribution in [0.2, 0.25) is 5.02 Å². The van der Waals surface area contributed by atoms with Crippen molar-refractivity contribution in [2.75, 3.05) is 26.7 Å². The normalized spacial score (nSPS) is 17.6. The van der Waals surface area contributed by atoms with Crippen molar-refractivity contribution in [2.45, 2.75) is 25.8 Å². The third-order valence-corrected chi connectivity index (χ3v) is 6.89. The highest BCUT2D eigenvalue weighted by molar-refractivity contribution is 6.33. The zero-order chi connectivity index (χ0) is 24.7. The van der Waals surface area contributed by atoms with Gasteiger partial charge in [0.05, 0.1) is 17.2 Å². The first-order chi connectivity index (χ1) is 17.0. The molecule has 6 heteroatoms. The summed E-state index contributed by atoms with van der Waals surface area (Å²) in [4.78, 5) is 30.3. The molecule has 0 bridgehead atoms. The van der Waals surface area contributed by atoms with Crippen LogP contribution in [0.3, 0.4) is 0 Å². The van der Waals surface area contributed by atoms with Crippen molar-refractivity contribution in [3.63, 3.8) is 0 Å². The molecule has 0 saturated carbocycles. The van der Waals surface area contributed by atoms with Gasteiger partial charge in [0.15, 0.2) is 0 Å². The highest BCUT2D eigenvalue weighted by Crippen LogP contribution is 2.36. The van der Waals surface area contributed by atoms with Crippen molar-refractivity contribution in [3.05, 3.63) is 101 Å². The number of halogens is 1. The molecule has 1 aliphatic rings. The van der Waals surface area contributed by atoms with E-state index in [9.17, 15) is 9.59 Å². The number of rotatable bonds is 8. The van der Waals surface area contributed by atoms with Crippen molar-refractivity contribution in [2.24, 2.45) is 5.41 Å². The van der Waals surface area contributed by atoms with Crippen LogP contribution in [0.4, 0.5) is 0 Å². The molecule has 1 fully saturated rings. The van der Waals surface area contributed by atoms with E-state index in [1.807, 2.05) is 84.7 Å². The number of nitrogens with zero attached hydrogens (tertiary/aromatic N) is 2. The average Bonchev–Trinajstić information content (AvgIpc) is 2.89. The van der Waals surface area contributed by atoms with Crippen molar-refractivity contribution in [1.29, 1.82) is 0 Å². The monoisotopic (exact) mass is 490 g/mol. The Morgan fingerprint density at radius 2 is 1.63 bits per heavy atom. The van der Waals surface area contributed by atoms with Crippen LogP contribution >= 0.6 is 11.6 Å². The molecule has 0 N–H and O–H groups in total. The van der Waals surface area contributed by atoms with Gasteiger partial charge in [-0.1, -0.05) is 72.3 Å². The fourth-order valence-corrected chi connectivity index (χ4v) is 4.87. The number of carbonyl (C=O) groups excluding carboxylic acids is 2. The predicted molar refractivity (Wildman–Crippen MR) is 138 cm³/mol. The maximum atomic E-state index is 13.4. The first-order valence-electron chi connectivity index (χ1n) is 12.0. The number of hydrogen-bond acceptors (Lipinski definition) is 3. The van der Waals surface area contributed by atoms with E-state index in [1.165, 1.54) is 0 Å². The Morgan fingerprint density at radius 3 is 2.34 bits per heavy atom. The molecule has 3 aromatic rings. The van der Waals surface area contributed by atoms with Crippen molar-refractivity contribution in [1.82, 2.24) is 9.80 Å². The number of ether oxygens (including phenoxy) is 1. The topological polar surface area (TPSA) is 49.9 Å². The molecule has 182 valence electrons. The maximum absolute atomic E-state index is 13.4. The van der Waals surface area contributed by atoms with Gasteiger partial charge in [0, 0.05) is 38.5 Å². The molecule has 2 amide bonds. The van der Waals surface area contributed by atoms with E-state index in [0.29, 0.717) is 43.2 Å². The summed E-state index contributed by atoms with van der Waals surface area (Å²) in [6, 6.07) is 26.7. The zero-order valence-electron chi connectivity index (χ0n) is 20.0. The lowest BCUT2D eigenvalue weighted by Gasteiger charge is -2.43. The molecule has 0 unspecified atom stereocenters. The highest BCUT2D eigenvalue weighted by Gasteiger charge is 2.41. The Bertz CT molecular complexity index is 1140. The summed E-state index contributed by atoms with van der Waals surface area (Å²) < 4.78 is 6.17. The molecule has 0 aliphatic carbocycles. The van der Waals surface area contributed by atoms with Crippen LogP contribution in [-0.2, 0) is 11.3 Å². The van der Waals surface area contributed by atoms with Crippen LogP contribution < -0.4 is 4.74 Å². The summed E-state index contributed by atoms with van der Waals surface area (Å²) in [5.74, 6) is 0.688. The number of piperidine rings is 1. The minimum Gasteiger partial charge on any atom is -0.493 e. The zero-order valence-corrected chi connectivity index (χ0v) is 20.8. The number of hydrogen-bond donors (Lipinski definition) is 0. The Kier molecular flexibility index (Phi) is 8.09. The van der Waals surface area contributed by atoms with Crippen LogP contribution in [-0.4, -0.2) is 48.4 Å². The quantitative estimate of drug-likeness (QED) is 0.407.